The summed E-state index contributed by atoms with van der Waals surface area (Å²) in [5.74, 6) is -0.0671. The van der Waals surface area contributed by atoms with Crippen molar-refractivity contribution in [1.29, 1.82) is 0 Å². The van der Waals surface area contributed by atoms with Crippen LogP contribution < -0.4 is 10.1 Å². The van der Waals surface area contributed by atoms with Crippen LogP contribution in [-0.2, 0) is 9.53 Å². The molecule has 2 fully saturated rings. The third-order valence-corrected chi connectivity index (χ3v) is 6.81. The van der Waals surface area contributed by atoms with Crippen molar-refractivity contribution in [2.24, 2.45) is 10.8 Å². The third-order valence-electron chi connectivity index (χ3n) is 6.81. The van der Waals surface area contributed by atoms with Crippen molar-refractivity contribution in [3.05, 3.63) is 23.9 Å². The van der Waals surface area contributed by atoms with Gasteiger partial charge in [-0.05, 0) is 42.2 Å². The average molecular weight is 428 g/mol. The lowest BCUT2D eigenvalue weighted by atomic mass is 9.65. The zero-order valence-electron chi connectivity index (χ0n) is 19.1. The number of anilines is 1. The summed E-state index contributed by atoms with van der Waals surface area (Å²) in [5, 5.41) is 3.63. The van der Waals surface area contributed by atoms with Crippen molar-refractivity contribution in [3.8, 4) is 5.75 Å². The minimum atomic E-state index is -0.531. The Balaban J connectivity index is 1.51. The number of carbonyl (C=O) groups excluding carboxylic acids is 2. The number of ether oxygens (including phenoxy) is 2. The average Bonchev–Trinajstić information content (AvgIpc) is 3.18. The van der Waals surface area contributed by atoms with Gasteiger partial charge in [-0.25, -0.2) is 4.79 Å². The molecule has 2 bridgehead atoms. The lowest BCUT2D eigenvalue weighted by Crippen LogP contribution is -2.35. The molecule has 1 amide bonds. The number of nitrogens with one attached hydrogen (secondary N) is 2. The van der Waals surface area contributed by atoms with E-state index in [1.165, 1.54) is 26.4 Å². The van der Waals surface area contributed by atoms with Gasteiger partial charge in [0.05, 0.1) is 30.8 Å². The number of hydrogen-bond donors (Lipinski definition) is 2. The van der Waals surface area contributed by atoms with E-state index in [1.807, 2.05) is 12.1 Å². The van der Waals surface area contributed by atoms with Gasteiger partial charge < -0.3 is 19.8 Å². The molecule has 0 spiro atoms. The van der Waals surface area contributed by atoms with Gasteiger partial charge >= 0.3 is 5.97 Å². The van der Waals surface area contributed by atoms with E-state index in [0.717, 1.165) is 13.1 Å². The highest BCUT2D eigenvalue weighted by Crippen LogP contribution is 2.52. The highest BCUT2D eigenvalue weighted by atomic mass is 16.5. The van der Waals surface area contributed by atoms with E-state index >= 15 is 0 Å². The van der Waals surface area contributed by atoms with Gasteiger partial charge in [-0.3, -0.25) is 9.69 Å². The van der Waals surface area contributed by atoms with Gasteiger partial charge in [-0.2, -0.15) is 0 Å². The first-order valence-corrected chi connectivity index (χ1v) is 11.0. The topological polar surface area (TPSA) is 83.7 Å². The number of esters is 1. The van der Waals surface area contributed by atoms with E-state index in [1.54, 1.807) is 13.2 Å². The zero-order valence-corrected chi connectivity index (χ0v) is 19.1. The number of carbonyl (C=O) groups is 2. The Morgan fingerprint density at radius 2 is 2.00 bits per heavy atom. The van der Waals surface area contributed by atoms with Crippen LogP contribution in [0, 0.1) is 10.8 Å². The summed E-state index contributed by atoms with van der Waals surface area (Å²) in [5.41, 5.74) is 2.04. The summed E-state index contributed by atoms with van der Waals surface area (Å²) in [7, 11) is 2.89. The molecule has 2 heterocycles. The van der Waals surface area contributed by atoms with Gasteiger partial charge in [0.15, 0.2) is 0 Å². The standard InChI is InChI=1S/C24H33N3O4/c1-23(2)11-15-12-24(3,13-23)14-27(15)10-9-18(28)26-20-19-16(7-6-8-17(19)30-4)25-21(20)22(29)31-5/h6-8,15,25H,9-14H2,1-5H3,(H,26,28)/t15-,24-/m0/s1. The highest BCUT2D eigenvalue weighted by molar-refractivity contribution is 6.12. The van der Waals surface area contributed by atoms with Crippen LogP contribution in [0.25, 0.3) is 10.9 Å². The van der Waals surface area contributed by atoms with Crippen LogP contribution in [0.15, 0.2) is 18.2 Å². The maximum absolute atomic E-state index is 12.9. The Morgan fingerprint density at radius 3 is 2.71 bits per heavy atom. The minimum Gasteiger partial charge on any atom is -0.496 e. The van der Waals surface area contributed by atoms with Crippen LogP contribution in [0.1, 0.15) is 56.9 Å². The predicted molar refractivity (Wildman–Crippen MR) is 121 cm³/mol. The maximum Gasteiger partial charge on any atom is 0.356 e. The molecule has 2 atom stereocenters. The molecule has 2 aromatic rings. The van der Waals surface area contributed by atoms with Crippen LogP contribution >= 0.6 is 0 Å². The lowest BCUT2D eigenvalue weighted by Gasteiger charge is -2.39. The fourth-order valence-corrected chi connectivity index (χ4v) is 6.05. The summed E-state index contributed by atoms with van der Waals surface area (Å²) >= 11 is 0. The number of H-pyrrole nitrogens is 1. The molecular formula is C24H33N3O4. The van der Waals surface area contributed by atoms with Crippen molar-refractivity contribution >= 4 is 28.5 Å². The summed E-state index contributed by atoms with van der Waals surface area (Å²) in [6.45, 7) is 8.85. The van der Waals surface area contributed by atoms with Gasteiger partial charge in [-0.1, -0.05) is 26.8 Å². The molecule has 1 aromatic carbocycles. The second-order valence-corrected chi connectivity index (χ2v) is 10.2. The van der Waals surface area contributed by atoms with E-state index in [0.29, 0.717) is 45.6 Å². The highest BCUT2D eigenvalue weighted by Gasteiger charge is 2.49. The Kier molecular flexibility index (Phi) is 5.50. The number of nitrogens with zero attached hydrogens (tertiary/aromatic N) is 1. The number of benzene rings is 1. The third kappa shape index (κ3) is 4.15. The maximum atomic E-state index is 12.9. The molecule has 1 aromatic heterocycles. The molecule has 0 radical (unpaired) electrons. The fraction of sp³-hybridized carbons (Fsp3) is 0.583. The van der Waals surface area contributed by atoms with Gasteiger partial charge in [0.25, 0.3) is 0 Å². The molecule has 1 aliphatic heterocycles. The largest absolute Gasteiger partial charge is 0.496 e. The number of methoxy groups -OCH3 is 2. The quantitative estimate of drug-likeness (QED) is 0.676. The smallest absolute Gasteiger partial charge is 0.356 e. The Bertz CT molecular complexity index is 1010. The number of fused-ring (bicyclic) bond motifs is 3. The Hall–Kier alpha value is -2.54. The van der Waals surface area contributed by atoms with E-state index in [2.05, 4.69) is 36.0 Å². The van der Waals surface area contributed by atoms with E-state index < -0.39 is 5.97 Å². The van der Waals surface area contributed by atoms with Gasteiger partial charge in [-0.15, -0.1) is 0 Å². The lowest BCUT2D eigenvalue weighted by molar-refractivity contribution is -0.116. The van der Waals surface area contributed by atoms with Gasteiger partial charge in [0.2, 0.25) is 5.91 Å². The van der Waals surface area contributed by atoms with Crippen LogP contribution in [0.2, 0.25) is 0 Å². The second kappa shape index (κ2) is 7.86. The van der Waals surface area contributed by atoms with Crippen LogP contribution in [0.5, 0.6) is 5.75 Å². The molecule has 2 N–H and O–H groups in total. The number of hydrogen-bond acceptors (Lipinski definition) is 5. The van der Waals surface area contributed by atoms with Crippen molar-refractivity contribution in [2.75, 3.05) is 32.6 Å². The molecule has 1 saturated heterocycles. The fourth-order valence-electron chi connectivity index (χ4n) is 6.05. The predicted octanol–water partition coefficient (Wildman–Crippen LogP) is 4.19. The summed E-state index contributed by atoms with van der Waals surface area (Å²) in [6.07, 6.45) is 3.99. The van der Waals surface area contributed by atoms with E-state index in [9.17, 15) is 9.59 Å². The molecule has 168 valence electrons. The number of aromatic amines is 1. The number of likely N-dealkylation sites (tertiary alicyclic amines) is 1. The van der Waals surface area contributed by atoms with Crippen LogP contribution in [0.4, 0.5) is 5.69 Å². The van der Waals surface area contributed by atoms with Gasteiger partial charge in [0, 0.05) is 25.6 Å². The summed E-state index contributed by atoms with van der Waals surface area (Å²) in [4.78, 5) is 30.8. The number of amides is 1. The molecule has 2 aliphatic rings. The summed E-state index contributed by atoms with van der Waals surface area (Å²) < 4.78 is 10.4. The van der Waals surface area contributed by atoms with Crippen molar-refractivity contribution < 1.29 is 19.1 Å². The van der Waals surface area contributed by atoms with E-state index in [-0.39, 0.29) is 11.6 Å². The molecule has 31 heavy (non-hydrogen) atoms. The minimum absolute atomic E-state index is 0.122. The summed E-state index contributed by atoms with van der Waals surface area (Å²) in [6, 6.07) is 6.02. The number of aromatic nitrogens is 1. The molecule has 1 saturated carbocycles. The molecule has 7 heteroatoms. The van der Waals surface area contributed by atoms with E-state index in [4.69, 9.17) is 9.47 Å². The van der Waals surface area contributed by atoms with Crippen molar-refractivity contribution in [2.45, 2.75) is 52.5 Å². The van der Waals surface area contributed by atoms with Crippen LogP contribution in [0.3, 0.4) is 0 Å². The SMILES string of the molecule is COC(=O)c1[nH]c2cccc(OC)c2c1NC(=O)CCN1C[C@@]2(C)C[C@@H]1CC(C)(C)C2. The zero-order chi connectivity index (χ0) is 22.4. The monoisotopic (exact) mass is 427 g/mol. The van der Waals surface area contributed by atoms with Crippen LogP contribution in [-0.4, -0.2) is 55.1 Å². The first-order chi connectivity index (χ1) is 14.6. The normalized spacial score (nSPS) is 24.9. The first-order valence-electron chi connectivity index (χ1n) is 11.0. The van der Waals surface area contributed by atoms with Crippen molar-refractivity contribution in [1.82, 2.24) is 9.88 Å². The molecule has 1 aliphatic carbocycles. The number of rotatable bonds is 6. The Morgan fingerprint density at radius 1 is 1.23 bits per heavy atom. The van der Waals surface area contributed by atoms with Gasteiger partial charge in [0.1, 0.15) is 11.4 Å². The molecule has 0 unspecified atom stereocenters. The first kappa shape index (κ1) is 21.7. The van der Waals surface area contributed by atoms with Crippen molar-refractivity contribution in [3.63, 3.8) is 0 Å². The molecule has 7 nitrogen and oxygen atoms in total. The molecular weight excluding hydrogens is 394 g/mol. The second-order valence-electron chi connectivity index (χ2n) is 10.2. The molecule has 4 rings (SSSR count). The Labute approximate surface area is 183 Å².